The molecular formula is C14H17NO. The highest BCUT2D eigenvalue weighted by Crippen LogP contribution is 2.16. The van der Waals surface area contributed by atoms with Gasteiger partial charge in [0.15, 0.2) is 5.76 Å². The fourth-order valence-electron chi connectivity index (χ4n) is 1.47. The molecule has 1 heterocycles. The first-order chi connectivity index (χ1) is 7.56. The number of aliphatic imine (C=N–C) groups is 1. The summed E-state index contributed by atoms with van der Waals surface area (Å²) in [6.07, 6.45) is 3.42. The molecule has 1 aromatic heterocycles. The maximum absolute atomic E-state index is 5.22. The molecule has 16 heavy (non-hydrogen) atoms. The lowest BCUT2D eigenvalue weighted by atomic mass is 10.1. The number of furan rings is 1. The van der Waals surface area contributed by atoms with Crippen LogP contribution in [0.1, 0.15) is 26.5 Å². The Morgan fingerprint density at radius 1 is 1.38 bits per heavy atom. The number of hydrogen-bond donors (Lipinski definition) is 0. The SMILES string of the molecule is C=CC(=C(C)C)/C(C)=N/C(=C)c1ccco1. The largest absolute Gasteiger partial charge is 0.463 e. The van der Waals surface area contributed by atoms with E-state index < -0.39 is 0 Å². The lowest BCUT2D eigenvalue weighted by Crippen LogP contribution is -1.97. The van der Waals surface area contributed by atoms with Gasteiger partial charge in [0.1, 0.15) is 0 Å². The van der Waals surface area contributed by atoms with Gasteiger partial charge < -0.3 is 4.42 Å². The minimum atomic E-state index is 0.628. The van der Waals surface area contributed by atoms with Crippen LogP contribution in [0.15, 0.2) is 58.2 Å². The summed E-state index contributed by atoms with van der Waals surface area (Å²) in [5, 5.41) is 0. The molecule has 0 aliphatic carbocycles. The van der Waals surface area contributed by atoms with E-state index in [1.54, 1.807) is 6.26 Å². The van der Waals surface area contributed by atoms with Crippen LogP contribution in [-0.4, -0.2) is 5.71 Å². The van der Waals surface area contributed by atoms with Crippen molar-refractivity contribution in [2.75, 3.05) is 0 Å². The summed E-state index contributed by atoms with van der Waals surface area (Å²) >= 11 is 0. The molecule has 0 N–H and O–H groups in total. The highest BCUT2D eigenvalue weighted by Gasteiger charge is 2.03. The van der Waals surface area contributed by atoms with Crippen molar-refractivity contribution < 1.29 is 4.42 Å². The zero-order valence-electron chi connectivity index (χ0n) is 10.1. The smallest absolute Gasteiger partial charge is 0.151 e. The van der Waals surface area contributed by atoms with Gasteiger partial charge in [-0.3, -0.25) is 0 Å². The molecule has 2 nitrogen and oxygen atoms in total. The van der Waals surface area contributed by atoms with E-state index >= 15 is 0 Å². The highest BCUT2D eigenvalue weighted by molar-refractivity contribution is 6.03. The van der Waals surface area contributed by atoms with E-state index in [9.17, 15) is 0 Å². The summed E-state index contributed by atoms with van der Waals surface area (Å²) in [4.78, 5) is 4.41. The Morgan fingerprint density at radius 2 is 2.06 bits per heavy atom. The Labute approximate surface area is 96.7 Å². The Morgan fingerprint density at radius 3 is 2.50 bits per heavy atom. The molecule has 0 amide bonds. The fourth-order valence-corrected chi connectivity index (χ4v) is 1.47. The summed E-state index contributed by atoms with van der Waals surface area (Å²) in [5.41, 5.74) is 3.76. The molecule has 0 aliphatic rings. The first kappa shape index (κ1) is 12.2. The lowest BCUT2D eigenvalue weighted by Gasteiger charge is -2.04. The molecule has 0 saturated carbocycles. The van der Waals surface area contributed by atoms with Crippen molar-refractivity contribution in [2.24, 2.45) is 4.99 Å². The van der Waals surface area contributed by atoms with Crippen molar-refractivity contribution in [1.29, 1.82) is 0 Å². The second-order valence-corrected chi connectivity index (χ2v) is 3.74. The second kappa shape index (κ2) is 5.31. The van der Waals surface area contributed by atoms with E-state index in [-0.39, 0.29) is 0 Å². The molecule has 0 radical (unpaired) electrons. The number of allylic oxidation sites excluding steroid dienone is 3. The van der Waals surface area contributed by atoms with Gasteiger partial charge in [-0.2, -0.15) is 0 Å². The molecule has 0 unspecified atom stereocenters. The van der Waals surface area contributed by atoms with Crippen molar-refractivity contribution >= 4 is 11.4 Å². The third-order valence-corrected chi connectivity index (χ3v) is 2.24. The first-order valence-electron chi connectivity index (χ1n) is 5.14. The molecule has 0 saturated heterocycles. The second-order valence-electron chi connectivity index (χ2n) is 3.74. The Hall–Kier alpha value is -1.83. The van der Waals surface area contributed by atoms with E-state index in [0.29, 0.717) is 11.5 Å². The van der Waals surface area contributed by atoms with Gasteiger partial charge in [0.25, 0.3) is 0 Å². The van der Waals surface area contributed by atoms with E-state index in [0.717, 1.165) is 11.3 Å². The highest BCUT2D eigenvalue weighted by atomic mass is 16.3. The van der Waals surface area contributed by atoms with E-state index in [1.165, 1.54) is 5.57 Å². The van der Waals surface area contributed by atoms with Crippen LogP contribution in [0.4, 0.5) is 0 Å². The average molecular weight is 215 g/mol. The maximum Gasteiger partial charge on any atom is 0.151 e. The first-order valence-corrected chi connectivity index (χ1v) is 5.14. The molecule has 2 heteroatoms. The fraction of sp³-hybridized carbons (Fsp3) is 0.214. The van der Waals surface area contributed by atoms with Gasteiger partial charge in [0, 0.05) is 5.71 Å². The standard InChI is InChI=1S/C14H17NO/c1-6-13(10(2)3)11(4)15-12(5)14-8-7-9-16-14/h6-9H,1,5H2,2-4H3/b15-11+. The third-order valence-electron chi connectivity index (χ3n) is 2.24. The summed E-state index contributed by atoms with van der Waals surface area (Å²) in [5.74, 6) is 0.691. The molecule has 0 bridgehead atoms. The lowest BCUT2D eigenvalue weighted by molar-refractivity contribution is 0.552. The summed E-state index contributed by atoms with van der Waals surface area (Å²) in [6, 6.07) is 3.66. The zero-order chi connectivity index (χ0) is 12.1. The van der Waals surface area contributed by atoms with Gasteiger partial charge in [-0.15, -0.1) is 0 Å². The molecule has 0 spiro atoms. The van der Waals surface area contributed by atoms with Crippen molar-refractivity contribution in [3.05, 3.63) is 54.5 Å². The third kappa shape index (κ3) is 2.83. The average Bonchev–Trinajstić information content (AvgIpc) is 2.70. The number of hydrogen-bond acceptors (Lipinski definition) is 2. The molecule has 1 aromatic rings. The van der Waals surface area contributed by atoms with Crippen molar-refractivity contribution in [3.8, 4) is 0 Å². The maximum atomic E-state index is 5.22. The molecule has 84 valence electrons. The zero-order valence-corrected chi connectivity index (χ0v) is 10.1. The molecule has 0 aromatic carbocycles. The monoisotopic (exact) mass is 215 g/mol. The van der Waals surface area contributed by atoms with E-state index in [2.05, 4.69) is 18.2 Å². The molecule has 0 fully saturated rings. The van der Waals surface area contributed by atoms with Crippen LogP contribution < -0.4 is 0 Å². The van der Waals surface area contributed by atoms with Crippen LogP contribution >= 0.6 is 0 Å². The van der Waals surface area contributed by atoms with Crippen molar-refractivity contribution in [3.63, 3.8) is 0 Å². The quantitative estimate of drug-likeness (QED) is 0.545. The normalized spacial score (nSPS) is 11.1. The summed E-state index contributed by atoms with van der Waals surface area (Å²) < 4.78 is 5.22. The topological polar surface area (TPSA) is 25.5 Å². The van der Waals surface area contributed by atoms with E-state index in [4.69, 9.17) is 4.42 Å². The van der Waals surface area contributed by atoms with Gasteiger partial charge >= 0.3 is 0 Å². The Kier molecular flexibility index (Phi) is 4.06. The number of nitrogens with zero attached hydrogens (tertiary/aromatic N) is 1. The van der Waals surface area contributed by atoms with Gasteiger partial charge in [0.05, 0.1) is 12.0 Å². The Balaban J connectivity index is 2.98. The predicted octanol–water partition coefficient (Wildman–Crippen LogP) is 4.23. The van der Waals surface area contributed by atoms with Crippen LogP contribution in [0.2, 0.25) is 0 Å². The van der Waals surface area contributed by atoms with E-state index in [1.807, 2.05) is 39.0 Å². The van der Waals surface area contributed by atoms with Crippen LogP contribution in [0.3, 0.4) is 0 Å². The molecule has 0 aliphatic heterocycles. The van der Waals surface area contributed by atoms with Crippen LogP contribution in [0, 0.1) is 0 Å². The van der Waals surface area contributed by atoms with Gasteiger partial charge in [0.2, 0.25) is 0 Å². The number of rotatable bonds is 4. The summed E-state index contributed by atoms with van der Waals surface area (Å²) in [6.45, 7) is 13.7. The van der Waals surface area contributed by atoms with Crippen molar-refractivity contribution in [1.82, 2.24) is 0 Å². The molecule has 0 atom stereocenters. The van der Waals surface area contributed by atoms with Gasteiger partial charge in [-0.1, -0.05) is 24.8 Å². The molecule has 1 rings (SSSR count). The summed E-state index contributed by atoms with van der Waals surface area (Å²) in [7, 11) is 0. The van der Waals surface area contributed by atoms with Crippen LogP contribution in [0.25, 0.3) is 5.70 Å². The van der Waals surface area contributed by atoms with Crippen LogP contribution in [-0.2, 0) is 0 Å². The van der Waals surface area contributed by atoms with Crippen LogP contribution in [0.5, 0.6) is 0 Å². The predicted molar refractivity (Wildman–Crippen MR) is 69.4 cm³/mol. The van der Waals surface area contributed by atoms with Crippen molar-refractivity contribution in [2.45, 2.75) is 20.8 Å². The van der Waals surface area contributed by atoms with Gasteiger partial charge in [-0.25, -0.2) is 4.99 Å². The minimum absolute atomic E-state index is 0.628. The molecular weight excluding hydrogens is 198 g/mol. The van der Waals surface area contributed by atoms with Gasteiger partial charge in [-0.05, 0) is 38.5 Å². The Bertz CT molecular complexity index is 443. The minimum Gasteiger partial charge on any atom is -0.463 e.